The molecule has 0 spiro atoms. The molecule has 1 unspecified atom stereocenters. The largest absolute Gasteiger partial charge is 0.390 e. The van der Waals surface area contributed by atoms with Gasteiger partial charge in [-0.1, -0.05) is 44.4 Å². The summed E-state index contributed by atoms with van der Waals surface area (Å²) in [4.78, 5) is 12.5. The van der Waals surface area contributed by atoms with Crippen molar-refractivity contribution in [1.29, 1.82) is 0 Å². The first-order valence-corrected chi connectivity index (χ1v) is 12.9. The van der Waals surface area contributed by atoms with E-state index in [1.54, 1.807) is 12.1 Å². The Kier molecular flexibility index (Phi) is 10.3. The third-order valence-corrected chi connectivity index (χ3v) is 7.27. The van der Waals surface area contributed by atoms with Gasteiger partial charge in [0.15, 0.2) is 0 Å². The minimum absolute atomic E-state index is 0.0605. The lowest BCUT2D eigenvalue weighted by Gasteiger charge is -2.30. The lowest BCUT2D eigenvalue weighted by atomic mass is 10.2. The Morgan fingerprint density at radius 1 is 0.939 bits per heavy atom. The Morgan fingerprint density at radius 2 is 1.48 bits per heavy atom. The SMILES string of the molecule is CCCCN(CCCC)CC(O)CN(c1ccc(C)cc1)S(=O)(=O)c1ccc([N+](=O)[O-])cc1. The number of nitro benzene ring substituents is 1. The Bertz CT molecular complexity index is 970. The minimum atomic E-state index is -4.04. The van der Waals surface area contributed by atoms with Crippen LogP contribution in [-0.2, 0) is 10.0 Å². The average Bonchev–Trinajstić information content (AvgIpc) is 2.80. The van der Waals surface area contributed by atoms with E-state index in [-0.39, 0.29) is 17.1 Å². The first kappa shape index (κ1) is 26.8. The topological polar surface area (TPSA) is 104 Å². The lowest BCUT2D eigenvalue weighted by molar-refractivity contribution is -0.384. The predicted molar refractivity (Wildman–Crippen MR) is 131 cm³/mol. The molecule has 1 atom stereocenters. The van der Waals surface area contributed by atoms with Crippen molar-refractivity contribution in [3.05, 3.63) is 64.2 Å². The fourth-order valence-corrected chi connectivity index (χ4v) is 5.03. The summed E-state index contributed by atoms with van der Waals surface area (Å²) in [5.74, 6) is 0. The van der Waals surface area contributed by atoms with Gasteiger partial charge in [0.25, 0.3) is 15.7 Å². The van der Waals surface area contributed by atoms with Gasteiger partial charge < -0.3 is 10.0 Å². The van der Waals surface area contributed by atoms with Crippen molar-refractivity contribution in [2.45, 2.75) is 57.5 Å². The number of sulfonamides is 1. The van der Waals surface area contributed by atoms with Gasteiger partial charge in [-0.3, -0.25) is 14.4 Å². The van der Waals surface area contributed by atoms with E-state index in [1.807, 2.05) is 19.1 Å². The molecule has 0 aromatic heterocycles. The smallest absolute Gasteiger partial charge is 0.269 e. The number of anilines is 1. The predicted octanol–water partition coefficient (Wildman–Crippen LogP) is 4.36. The summed E-state index contributed by atoms with van der Waals surface area (Å²) in [5.41, 5.74) is 1.24. The molecule has 9 heteroatoms. The molecule has 2 aromatic carbocycles. The normalized spacial score (nSPS) is 12.6. The lowest BCUT2D eigenvalue weighted by Crippen LogP contribution is -2.43. The number of nitro groups is 1. The molecule has 2 rings (SSSR count). The molecule has 0 heterocycles. The zero-order valence-electron chi connectivity index (χ0n) is 19.7. The van der Waals surface area contributed by atoms with E-state index in [9.17, 15) is 23.6 Å². The van der Waals surface area contributed by atoms with Crippen LogP contribution < -0.4 is 4.31 Å². The number of hydrogen-bond acceptors (Lipinski definition) is 6. The van der Waals surface area contributed by atoms with Crippen molar-refractivity contribution in [2.24, 2.45) is 0 Å². The van der Waals surface area contributed by atoms with Crippen LogP contribution in [0, 0.1) is 17.0 Å². The third kappa shape index (κ3) is 7.80. The number of rotatable bonds is 14. The van der Waals surface area contributed by atoms with Gasteiger partial charge in [0.05, 0.1) is 28.2 Å². The summed E-state index contributed by atoms with van der Waals surface area (Å²) in [6.07, 6.45) is 3.22. The highest BCUT2D eigenvalue weighted by atomic mass is 32.2. The van der Waals surface area contributed by atoms with Gasteiger partial charge >= 0.3 is 0 Å². The number of unbranched alkanes of at least 4 members (excludes halogenated alkanes) is 2. The molecule has 0 saturated heterocycles. The molecule has 33 heavy (non-hydrogen) atoms. The second-order valence-electron chi connectivity index (χ2n) is 8.28. The van der Waals surface area contributed by atoms with E-state index in [4.69, 9.17) is 0 Å². The number of aliphatic hydroxyl groups is 1. The van der Waals surface area contributed by atoms with Crippen molar-refractivity contribution in [3.63, 3.8) is 0 Å². The Balaban J connectivity index is 2.31. The van der Waals surface area contributed by atoms with Crippen molar-refractivity contribution in [1.82, 2.24) is 4.90 Å². The quantitative estimate of drug-likeness (QED) is 0.320. The molecule has 0 fully saturated rings. The molecule has 0 aliphatic heterocycles. The molecule has 0 radical (unpaired) electrons. The van der Waals surface area contributed by atoms with Gasteiger partial charge in [0, 0.05) is 18.7 Å². The summed E-state index contributed by atoms with van der Waals surface area (Å²) < 4.78 is 28.2. The van der Waals surface area contributed by atoms with Crippen LogP contribution in [0.15, 0.2) is 53.4 Å². The maximum atomic E-state index is 13.5. The van der Waals surface area contributed by atoms with Crippen LogP contribution in [0.1, 0.15) is 45.1 Å². The zero-order chi connectivity index (χ0) is 24.4. The van der Waals surface area contributed by atoms with Gasteiger partial charge in [-0.25, -0.2) is 8.42 Å². The van der Waals surface area contributed by atoms with Crippen LogP contribution in [-0.4, -0.2) is 55.6 Å². The Labute approximate surface area is 197 Å². The second kappa shape index (κ2) is 12.7. The molecule has 1 N–H and O–H groups in total. The molecule has 8 nitrogen and oxygen atoms in total. The summed E-state index contributed by atoms with van der Waals surface area (Å²) in [6.45, 7) is 8.11. The zero-order valence-corrected chi connectivity index (χ0v) is 20.5. The number of non-ortho nitro benzene ring substituents is 1. The van der Waals surface area contributed by atoms with Crippen LogP contribution in [0.25, 0.3) is 0 Å². The van der Waals surface area contributed by atoms with Gasteiger partial charge in [0.1, 0.15) is 0 Å². The molecule has 0 aliphatic rings. The Hall–Kier alpha value is -2.49. The molecule has 0 amide bonds. The van der Waals surface area contributed by atoms with Crippen LogP contribution >= 0.6 is 0 Å². The van der Waals surface area contributed by atoms with Crippen LogP contribution in [0.2, 0.25) is 0 Å². The second-order valence-corrected chi connectivity index (χ2v) is 10.1. The molecule has 182 valence electrons. The monoisotopic (exact) mass is 477 g/mol. The maximum Gasteiger partial charge on any atom is 0.269 e. The molecule has 2 aromatic rings. The first-order chi connectivity index (χ1) is 15.7. The average molecular weight is 478 g/mol. The Morgan fingerprint density at radius 3 is 1.97 bits per heavy atom. The van der Waals surface area contributed by atoms with Crippen molar-refractivity contribution in [2.75, 3.05) is 30.5 Å². The summed E-state index contributed by atoms with van der Waals surface area (Å²) >= 11 is 0. The highest BCUT2D eigenvalue weighted by Gasteiger charge is 2.28. The standard InChI is InChI=1S/C24H35N3O5S/c1-4-6-16-25(17-7-5-2)18-23(28)19-26(21-10-8-20(3)9-11-21)33(31,32)24-14-12-22(13-15-24)27(29)30/h8-15,23,28H,4-7,16-19H2,1-3H3. The number of hydrogen-bond donors (Lipinski definition) is 1. The van der Waals surface area contributed by atoms with E-state index in [0.29, 0.717) is 12.2 Å². The fraction of sp³-hybridized carbons (Fsp3) is 0.500. The van der Waals surface area contributed by atoms with Crippen molar-refractivity contribution in [3.8, 4) is 0 Å². The van der Waals surface area contributed by atoms with Gasteiger partial charge in [0.2, 0.25) is 0 Å². The van der Waals surface area contributed by atoms with E-state index in [0.717, 1.165) is 44.3 Å². The van der Waals surface area contributed by atoms with E-state index < -0.39 is 21.1 Å². The van der Waals surface area contributed by atoms with Crippen LogP contribution in [0.4, 0.5) is 11.4 Å². The number of benzene rings is 2. The van der Waals surface area contributed by atoms with Gasteiger partial charge in [-0.05, 0) is 57.1 Å². The summed E-state index contributed by atoms with van der Waals surface area (Å²) in [6, 6.07) is 11.9. The molecular weight excluding hydrogens is 442 g/mol. The fourth-order valence-electron chi connectivity index (χ4n) is 3.53. The highest BCUT2D eigenvalue weighted by Crippen LogP contribution is 2.26. The maximum absolute atomic E-state index is 13.5. The van der Waals surface area contributed by atoms with E-state index in [2.05, 4.69) is 18.7 Å². The summed E-state index contributed by atoms with van der Waals surface area (Å²) in [5, 5.41) is 21.8. The summed E-state index contributed by atoms with van der Waals surface area (Å²) in [7, 11) is -4.04. The van der Waals surface area contributed by atoms with Crippen LogP contribution in [0.5, 0.6) is 0 Å². The number of aryl methyl sites for hydroxylation is 1. The van der Waals surface area contributed by atoms with E-state index >= 15 is 0 Å². The first-order valence-electron chi connectivity index (χ1n) is 11.4. The van der Waals surface area contributed by atoms with Crippen LogP contribution in [0.3, 0.4) is 0 Å². The number of aliphatic hydroxyl groups excluding tert-OH is 1. The highest BCUT2D eigenvalue weighted by molar-refractivity contribution is 7.92. The molecule has 0 saturated carbocycles. The third-order valence-electron chi connectivity index (χ3n) is 5.46. The van der Waals surface area contributed by atoms with Gasteiger partial charge in [-0.2, -0.15) is 0 Å². The van der Waals surface area contributed by atoms with E-state index in [1.165, 1.54) is 28.6 Å². The van der Waals surface area contributed by atoms with Gasteiger partial charge in [-0.15, -0.1) is 0 Å². The molecule has 0 aliphatic carbocycles. The number of nitrogens with zero attached hydrogens (tertiary/aromatic N) is 3. The van der Waals surface area contributed by atoms with Crippen molar-refractivity contribution >= 4 is 21.4 Å². The molecular formula is C24H35N3O5S. The minimum Gasteiger partial charge on any atom is -0.390 e. The van der Waals surface area contributed by atoms with Crippen molar-refractivity contribution < 1.29 is 18.4 Å². The molecule has 0 bridgehead atoms.